The van der Waals surface area contributed by atoms with Gasteiger partial charge in [-0.3, -0.25) is 0 Å². The van der Waals surface area contributed by atoms with Crippen LogP contribution in [-0.2, 0) is 16.1 Å². The third kappa shape index (κ3) is 4.15. The number of hydrogen-bond donors (Lipinski definition) is 0. The zero-order chi connectivity index (χ0) is 12.8. The van der Waals surface area contributed by atoms with E-state index in [0.29, 0.717) is 5.02 Å². The molecule has 0 amide bonds. The number of nitroso groups, excluding NO2 is 1. The molecule has 0 saturated carbocycles. The highest BCUT2D eigenvalue weighted by Crippen LogP contribution is 2.12. The normalized spacial score (nSPS) is 12.2. The number of carbonyl (C=O) groups excluding carboxylic acids is 1. The molecule has 0 spiro atoms. The fourth-order valence-corrected chi connectivity index (χ4v) is 1.38. The fourth-order valence-electron chi connectivity index (χ4n) is 1.26. The monoisotopic (exact) mass is 255 g/mol. The molecule has 0 saturated heterocycles. The minimum atomic E-state index is -0.942. The van der Waals surface area contributed by atoms with Crippen molar-refractivity contribution in [1.29, 1.82) is 0 Å². The van der Waals surface area contributed by atoms with Gasteiger partial charge in [0.1, 0.15) is 6.61 Å². The van der Waals surface area contributed by atoms with E-state index in [1.54, 1.807) is 38.1 Å². The Morgan fingerprint density at radius 2 is 1.94 bits per heavy atom. The summed E-state index contributed by atoms with van der Waals surface area (Å²) in [5.41, 5.74) is 0.816. The van der Waals surface area contributed by atoms with Crippen molar-refractivity contribution in [3.05, 3.63) is 39.8 Å². The van der Waals surface area contributed by atoms with Crippen LogP contribution in [-0.4, -0.2) is 12.0 Å². The first kappa shape index (κ1) is 13.6. The van der Waals surface area contributed by atoms with Gasteiger partial charge in [-0.1, -0.05) is 42.8 Å². The van der Waals surface area contributed by atoms with E-state index in [0.717, 1.165) is 5.56 Å². The van der Waals surface area contributed by atoms with Crippen LogP contribution in [0.3, 0.4) is 0 Å². The van der Waals surface area contributed by atoms with Crippen LogP contribution in [0.4, 0.5) is 0 Å². The molecule has 0 aliphatic rings. The molecule has 0 aliphatic carbocycles. The van der Waals surface area contributed by atoms with E-state index in [1.165, 1.54) is 0 Å². The predicted molar refractivity (Wildman–Crippen MR) is 65.7 cm³/mol. The Bertz CT molecular complexity index is 389. The molecule has 1 atom stereocenters. The molecular formula is C12H14ClNO3. The van der Waals surface area contributed by atoms with Crippen molar-refractivity contribution in [2.75, 3.05) is 0 Å². The van der Waals surface area contributed by atoms with Crippen molar-refractivity contribution in [3.63, 3.8) is 0 Å². The largest absolute Gasteiger partial charge is 0.459 e. The minimum Gasteiger partial charge on any atom is -0.459 e. The maximum atomic E-state index is 11.5. The molecule has 5 heteroatoms. The molecule has 0 N–H and O–H groups in total. The number of nitrogens with zero attached hydrogens (tertiary/aromatic N) is 1. The third-order valence-corrected chi connectivity index (χ3v) is 2.53. The van der Waals surface area contributed by atoms with E-state index < -0.39 is 12.0 Å². The lowest BCUT2D eigenvalue weighted by atomic mass is 10.1. The summed E-state index contributed by atoms with van der Waals surface area (Å²) in [6.07, 6.45) is 0. The van der Waals surface area contributed by atoms with E-state index in [-0.39, 0.29) is 12.5 Å². The molecule has 0 heterocycles. The van der Waals surface area contributed by atoms with Crippen molar-refractivity contribution in [3.8, 4) is 0 Å². The standard InChI is InChI=1S/C12H14ClNO3/c1-8(2)11(14-16)12(15)17-7-9-3-5-10(13)6-4-9/h3-6,8,11H,7H2,1-2H3/t11-/m0/s1. The van der Waals surface area contributed by atoms with Gasteiger partial charge < -0.3 is 4.74 Å². The molecular weight excluding hydrogens is 242 g/mol. The van der Waals surface area contributed by atoms with E-state index in [4.69, 9.17) is 16.3 Å². The number of carbonyl (C=O) groups is 1. The third-order valence-electron chi connectivity index (χ3n) is 2.28. The number of esters is 1. The van der Waals surface area contributed by atoms with Gasteiger partial charge in [0.2, 0.25) is 0 Å². The van der Waals surface area contributed by atoms with E-state index in [1.807, 2.05) is 0 Å². The summed E-state index contributed by atoms with van der Waals surface area (Å²) in [6, 6.07) is 6.00. The molecule has 1 aromatic rings. The summed E-state index contributed by atoms with van der Waals surface area (Å²) in [5.74, 6) is -0.754. The molecule has 4 nitrogen and oxygen atoms in total. The second kappa shape index (κ2) is 6.35. The molecule has 1 aromatic carbocycles. The van der Waals surface area contributed by atoms with Crippen molar-refractivity contribution < 1.29 is 9.53 Å². The SMILES string of the molecule is CC(C)[C@H](N=O)C(=O)OCc1ccc(Cl)cc1. The lowest BCUT2D eigenvalue weighted by molar-refractivity contribution is -0.147. The van der Waals surface area contributed by atoms with Gasteiger partial charge in [-0.25, -0.2) is 4.79 Å². The zero-order valence-corrected chi connectivity index (χ0v) is 10.5. The summed E-state index contributed by atoms with van der Waals surface area (Å²) in [6.45, 7) is 3.61. The van der Waals surface area contributed by atoms with Crippen LogP contribution in [0.25, 0.3) is 0 Å². The average molecular weight is 256 g/mol. The summed E-state index contributed by atoms with van der Waals surface area (Å²) in [5, 5.41) is 3.39. The van der Waals surface area contributed by atoms with Gasteiger partial charge in [-0.05, 0) is 23.6 Å². The first-order valence-electron chi connectivity index (χ1n) is 5.28. The van der Waals surface area contributed by atoms with Crippen LogP contribution in [0.2, 0.25) is 5.02 Å². The number of rotatable bonds is 5. The minimum absolute atomic E-state index is 0.120. The van der Waals surface area contributed by atoms with Gasteiger partial charge >= 0.3 is 5.97 Å². The molecule has 0 aromatic heterocycles. The lowest BCUT2D eigenvalue weighted by Gasteiger charge is -2.12. The summed E-state index contributed by atoms with van der Waals surface area (Å²) in [7, 11) is 0. The van der Waals surface area contributed by atoms with E-state index >= 15 is 0 Å². The van der Waals surface area contributed by atoms with Crippen molar-refractivity contribution in [2.45, 2.75) is 26.5 Å². The lowest BCUT2D eigenvalue weighted by Crippen LogP contribution is -2.26. The molecule has 92 valence electrons. The Labute approximate surface area is 105 Å². The Hall–Kier alpha value is -1.42. The highest BCUT2D eigenvalue weighted by molar-refractivity contribution is 6.30. The number of ether oxygens (including phenoxy) is 1. The average Bonchev–Trinajstić information content (AvgIpc) is 2.28. The zero-order valence-electron chi connectivity index (χ0n) is 9.72. The molecule has 0 bridgehead atoms. The molecule has 17 heavy (non-hydrogen) atoms. The van der Waals surface area contributed by atoms with Gasteiger partial charge in [0.25, 0.3) is 0 Å². The van der Waals surface area contributed by atoms with Crippen LogP contribution in [0, 0.1) is 10.8 Å². The van der Waals surface area contributed by atoms with Gasteiger partial charge in [-0.2, -0.15) is 0 Å². The second-order valence-corrected chi connectivity index (χ2v) is 4.46. The van der Waals surface area contributed by atoms with Gasteiger partial charge in [0.15, 0.2) is 6.04 Å². The smallest absolute Gasteiger partial charge is 0.335 e. The second-order valence-electron chi connectivity index (χ2n) is 4.03. The topological polar surface area (TPSA) is 55.7 Å². The van der Waals surface area contributed by atoms with Crippen molar-refractivity contribution in [1.82, 2.24) is 0 Å². The first-order chi connectivity index (χ1) is 8.04. The first-order valence-corrected chi connectivity index (χ1v) is 5.66. The summed E-state index contributed by atoms with van der Waals surface area (Å²) < 4.78 is 5.01. The summed E-state index contributed by atoms with van der Waals surface area (Å²) in [4.78, 5) is 22.0. The van der Waals surface area contributed by atoms with E-state index in [9.17, 15) is 9.70 Å². The number of hydrogen-bond acceptors (Lipinski definition) is 4. The van der Waals surface area contributed by atoms with Crippen LogP contribution in [0.1, 0.15) is 19.4 Å². The summed E-state index contributed by atoms with van der Waals surface area (Å²) >= 11 is 5.72. The molecule has 0 unspecified atom stereocenters. The predicted octanol–water partition coefficient (Wildman–Crippen LogP) is 3.17. The quantitative estimate of drug-likeness (QED) is 0.600. The Kier molecular flexibility index (Phi) is 5.10. The maximum absolute atomic E-state index is 11.5. The molecule has 0 aliphatic heterocycles. The van der Waals surface area contributed by atoms with Gasteiger partial charge in [0.05, 0.1) is 0 Å². The van der Waals surface area contributed by atoms with Crippen molar-refractivity contribution >= 4 is 17.6 Å². The van der Waals surface area contributed by atoms with Crippen molar-refractivity contribution in [2.24, 2.45) is 11.1 Å². The van der Waals surface area contributed by atoms with Crippen LogP contribution in [0.15, 0.2) is 29.4 Å². The van der Waals surface area contributed by atoms with Crippen LogP contribution in [0.5, 0.6) is 0 Å². The Morgan fingerprint density at radius 3 is 2.41 bits per heavy atom. The van der Waals surface area contributed by atoms with Gasteiger partial charge in [-0.15, -0.1) is 4.91 Å². The fraction of sp³-hybridized carbons (Fsp3) is 0.417. The van der Waals surface area contributed by atoms with Gasteiger partial charge in [0, 0.05) is 5.02 Å². The maximum Gasteiger partial charge on any atom is 0.335 e. The molecule has 1 rings (SSSR count). The van der Waals surface area contributed by atoms with Crippen LogP contribution < -0.4 is 0 Å². The molecule has 0 radical (unpaired) electrons. The highest BCUT2D eigenvalue weighted by Gasteiger charge is 2.24. The number of benzene rings is 1. The molecule has 0 fully saturated rings. The Morgan fingerprint density at radius 1 is 1.35 bits per heavy atom. The highest BCUT2D eigenvalue weighted by atomic mass is 35.5. The van der Waals surface area contributed by atoms with E-state index in [2.05, 4.69) is 5.18 Å². The Balaban J connectivity index is 2.53. The number of halogens is 1. The van der Waals surface area contributed by atoms with Crippen LogP contribution >= 0.6 is 11.6 Å².